The summed E-state index contributed by atoms with van der Waals surface area (Å²) in [6, 6.07) is 3.08. The molecule has 0 aliphatic carbocycles. The van der Waals surface area contributed by atoms with Crippen molar-refractivity contribution < 1.29 is 23.1 Å². The van der Waals surface area contributed by atoms with Gasteiger partial charge in [-0.2, -0.15) is 8.78 Å². The maximum Gasteiger partial charge on any atom is 0.387 e. The maximum absolute atomic E-state index is 12.3. The van der Waals surface area contributed by atoms with Crippen LogP contribution < -0.4 is 20.7 Å². The highest BCUT2D eigenvalue weighted by Gasteiger charge is 2.18. The lowest BCUT2D eigenvalue weighted by atomic mass is 10.2. The fourth-order valence-electron chi connectivity index (χ4n) is 1.86. The number of benzene rings is 1. The van der Waals surface area contributed by atoms with Gasteiger partial charge in [0.05, 0.1) is 0 Å². The molecule has 1 aromatic carbocycles. The first-order chi connectivity index (χ1) is 11.2. The van der Waals surface area contributed by atoms with E-state index in [-0.39, 0.29) is 17.7 Å². The van der Waals surface area contributed by atoms with Gasteiger partial charge in [-0.05, 0) is 39.3 Å². The van der Waals surface area contributed by atoms with Crippen molar-refractivity contribution >= 4 is 17.6 Å². The van der Waals surface area contributed by atoms with Crippen LogP contribution in [0.25, 0.3) is 0 Å². The highest BCUT2D eigenvalue weighted by atomic mass is 19.3. The van der Waals surface area contributed by atoms with Crippen LogP contribution in [0.3, 0.4) is 0 Å². The van der Waals surface area contributed by atoms with Crippen LogP contribution >= 0.6 is 0 Å². The molecule has 0 aliphatic rings. The molecule has 2 unspecified atom stereocenters. The molecule has 8 heteroatoms. The van der Waals surface area contributed by atoms with Gasteiger partial charge in [-0.3, -0.25) is 4.79 Å². The summed E-state index contributed by atoms with van der Waals surface area (Å²) >= 11 is 0. The summed E-state index contributed by atoms with van der Waals surface area (Å²) in [7, 11) is 0. The van der Waals surface area contributed by atoms with E-state index in [0.29, 0.717) is 11.3 Å². The minimum atomic E-state index is -2.95. The molecule has 0 heterocycles. The highest BCUT2D eigenvalue weighted by molar-refractivity contribution is 5.94. The number of amides is 3. The lowest BCUT2D eigenvalue weighted by Gasteiger charge is -2.18. The predicted octanol–water partition coefficient (Wildman–Crippen LogP) is 3.02. The second kappa shape index (κ2) is 9.05. The van der Waals surface area contributed by atoms with Crippen molar-refractivity contribution in [2.75, 3.05) is 5.32 Å². The van der Waals surface area contributed by atoms with Gasteiger partial charge in [0.2, 0.25) is 5.91 Å². The number of rotatable bonds is 7. The van der Waals surface area contributed by atoms with Gasteiger partial charge in [-0.15, -0.1) is 0 Å². The van der Waals surface area contributed by atoms with E-state index in [9.17, 15) is 18.4 Å². The van der Waals surface area contributed by atoms with E-state index < -0.39 is 18.7 Å². The van der Waals surface area contributed by atoms with Crippen molar-refractivity contribution in [1.29, 1.82) is 0 Å². The van der Waals surface area contributed by atoms with Crippen molar-refractivity contribution in [3.63, 3.8) is 0 Å². The minimum Gasteiger partial charge on any atom is -0.434 e. The quantitative estimate of drug-likeness (QED) is 0.712. The van der Waals surface area contributed by atoms with E-state index in [1.807, 2.05) is 13.8 Å². The summed E-state index contributed by atoms with van der Waals surface area (Å²) in [4.78, 5) is 23.9. The van der Waals surface area contributed by atoms with Crippen LogP contribution in [0.2, 0.25) is 0 Å². The average Bonchev–Trinajstić information content (AvgIpc) is 2.50. The number of anilines is 1. The van der Waals surface area contributed by atoms with E-state index in [0.717, 1.165) is 6.42 Å². The van der Waals surface area contributed by atoms with Gasteiger partial charge in [0.15, 0.2) is 0 Å². The van der Waals surface area contributed by atoms with Gasteiger partial charge in [-0.25, -0.2) is 4.79 Å². The third-order valence-corrected chi connectivity index (χ3v) is 3.49. The second-order valence-corrected chi connectivity index (χ2v) is 5.45. The Morgan fingerprint density at radius 2 is 1.88 bits per heavy atom. The Kier molecular flexibility index (Phi) is 7.41. The molecule has 24 heavy (non-hydrogen) atoms. The summed E-state index contributed by atoms with van der Waals surface area (Å²) in [6.07, 6.45) is 0.779. The maximum atomic E-state index is 12.3. The first kappa shape index (κ1) is 19.7. The number of hydrogen-bond acceptors (Lipinski definition) is 3. The zero-order valence-corrected chi connectivity index (χ0v) is 14.2. The van der Waals surface area contributed by atoms with Crippen LogP contribution in [-0.4, -0.2) is 30.6 Å². The lowest BCUT2D eigenvalue weighted by Crippen LogP contribution is -2.48. The van der Waals surface area contributed by atoms with Crippen LogP contribution in [-0.2, 0) is 4.79 Å². The lowest BCUT2D eigenvalue weighted by molar-refractivity contribution is -0.123. The average molecular weight is 343 g/mol. The molecule has 0 saturated heterocycles. The molecule has 2 atom stereocenters. The number of halogens is 2. The van der Waals surface area contributed by atoms with E-state index in [1.165, 1.54) is 12.1 Å². The summed E-state index contributed by atoms with van der Waals surface area (Å²) in [5.74, 6) is -0.323. The van der Waals surface area contributed by atoms with Gasteiger partial charge in [0.1, 0.15) is 11.8 Å². The van der Waals surface area contributed by atoms with Crippen LogP contribution in [0.1, 0.15) is 32.8 Å². The Labute approximate surface area is 139 Å². The molecule has 0 aromatic heterocycles. The Morgan fingerprint density at radius 1 is 1.21 bits per heavy atom. The molecule has 0 saturated carbocycles. The zero-order valence-electron chi connectivity index (χ0n) is 14.2. The van der Waals surface area contributed by atoms with Crippen molar-refractivity contribution in [3.8, 4) is 5.75 Å². The Hall–Kier alpha value is -2.38. The topological polar surface area (TPSA) is 79.5 Å². The van der Waals surface area contributed by atoms with Crippen molar-refractivity contribution in [3.05, 3.63) is 23.8 Å². The monoisotopic (exact) mass is 343 g/mol. The third kappa shape index (κ3) is 6.02. The first-order valence-electron chi connectivity index (χ1n) is 7.66. The van der Waals surface area contributed by atoms with Crippen LogP contribution in [0.4, 0.5) is 19.3 Å². The Bertz CT molecular complexity index is 582. The van der Waals surface area contributed by atoms with E-state index in [1.54, 1.807) is 19.9 Å². The molecule has 0 fully saturated rings. The molecule has 3 N–H and O–H groups in total. The first-order valence-corrected chi connectivity index (χ1v) is 7.66. The molecule has 3 amide bonds. The van der Waals surface area contributed by atoms with Gasteiger partial charge < -0.3 is 20.7 Å². The molecule has 0 spiro atoms. The zero-order chi connectivity index (χ0) is 18.3. The molecule has 0 bridgehead atoms. The molecule has 0 aliphatic heterocycles. The number of ether oxygens (including phenoxy) is 1. The summed E-state index contributed by atoms with van der Waals surface area (Å²) in [6.45, 7) is 3.96. The minimum absolute atomic E-state index is 0.00948. The standard InChI is InChI=1S/C16H23F2N3O3/c1-5-9(2)19-14(22)11(4)20-16(23)21-12-7-6-8-13(10(12)3)24-15(17)18/h6-9,11,15H,5H2,1-4H3,(H,19,22)(H2,20,21,23). The highest BCUT2D eigenvalue weighted by Crippen LogP contribution is 2.26. The van der Waals surface area contributed by atoms with Gasteiger partial charge in [-0.1, -0.05) is 13.0 Å². The second-order valence-electron chi connectivity index (χ2n) is 5.45. The van der Waals surface area contributed by atoms with E-state index in [2.05, 4.69) is 20.7 Å². The normalized spacial score (nSPS) is 13.1. The van der Waals surface area contributed by atoms with Crippen LogP contribution in [0.5, 0.6) is 5.75 Å². The number of carbonyl (C=O) groups is 2. The van der Waals surface area contributed by atoms with Gasteiger partial charge in [0.25, 0.3) is 0 Å². The van der Waals surface area contributed by atoms with Crippen LogP contribution in [0, 0.1) is 6.92 Å². The SMILES string of the molecule is CCC(C)NC(=O)C(C)NC(=O)Nc1cccc(OC(F)F)c1C. The number of urea groups is 1. The Morgan fingerprint density at radius 3 is 2.46 bits per heavy atom. The van der Waals surface area contributed by atoms with E-state index in [4.69, 9.17) is 0 Å². The number of nitrogens with one attached hydrogen (secondary N) is 3. The van der Waals surface area contributed by atoms with E-state index >= 15 is 0 Å². The molecular formula is C16H23F2N3O3. The molecule has 6 nitrogen and oxygen atoms in total. The summed E-state index contributed by atoms with van der Waals surface area (Å²) in [5.41, 5.74) is 0.685. The van der Waals surface area contributed by atoms with Crippen LogP contribution in [0.15, 0.2) is 18.2 Å². The molecule has 134 valence electrons. The molecule has 1 aromatic rings. The summed E-state index contributed by atoms with van der Waals surface area (Å²) in [5, 5.41) is 7.77. The van der Waals surface area contributed by atoms with Gasteiger partial charge >= 0.3 is 12.6 Å². The smallest absolute Gasteiger partial charge is 0.387 e. The fourth-order valence-corrected chi connectivity index (χ4v) is 1.86. The van der Waals surface area contributed by atoms with Gasteiger partial charge in [0, 0.05) is 17.3 Å². The molecular weight excluding hydrogens is 320 g/mol. The van der Waals surface area contributed by atoms with Crippen molar-refractivity contribution in [2.24, 2.45) is 0 Å². The Balaban J connectivity index is 2.66. The summed E-state index contributed by atoms with van der Waals surface area (Å²) < 4.78 is 29.0. The predicted molar refractivity (Wildman–Crippen MR) is 87.3 cm³/mol. The fraction of sp³-hybridized carbons (Fsp3) is 0.500. The van der Waals surface area contributed by atoms with Crippen molar-refractivity contribution in [2.45, 2.75) is 52.8 Å². The molecule has 1 rings (SSSR count). The molecule has 0 radical (unpaired) electrons. The van der Waals surface area contributed by atoms with Crippen molar-refractivity contribution in [1.82, 2.24) is 10.6 Å². The number of carbonyl (C=O) groups excluding carboxylic acids is 2. The third-order valence-electron chi connectivity index (χ3n) is 3.49. The largest absolute Gasteiger partial charge is 0.434 e. The number of hydrogen-bond donors (Lipinski definition) is 3. The number of alkyl halides is 2.